The first-order valence-electron chi connectivity index (χ1n) is 19.5. The molecule has 2 aliphatic heterocycles. The normalized spacial score (nSPS) is 26.1. The van der Waals surface area contributed by atoms with E-state index in [0.29, 0.717) is 42.7 Å². The lowest BCUT2D eigenvalue weighted by Crippen LogP contribution is -2.57. The van der Waals surface area contributed by atoms with Gasteiger partial charge >= 0.3 is 0 Å². The molecule has 3 aromatic rings. The average Bonchev–Trinajstić information content (AvgIpc) is 3.39. The molecule has 0 bridgehead atoms. The highest BCUT2D eigenvalue weighted by Crippen LogP contribution is 2.48. The zero-order valence-corrected chi connectivity index (χ0v) is 31.5. The summed E-state index contributed by atoms with van der Waals surface area (Å²) >= 11 is 0. The van der Waals surface area contributed by atoms with Crippen molar-refractivity contribution in [1.82, 2.24) is 15.5 Å². The van der Waals surface area contributed by atoms with Crippen molar-refractivity contribution >= 4 is 5.78 Å². The van der Waals surface area contributed by atoms with Crippen LogP contribution in [0.4, 0.5) is 4.39 Å². The summed E-state index contributed by atoms with van der Waals surface area (Å²) in [6, 6.07) is 24.3. The molecule has 5 nitrogen and oxygen atoms in total. The minimum atomic E-state index is -0.236. The number of para-hydroxylation sites is 1. The van der Waals surface area contributed by atoms with Gasteiger partial charge in [-0.3, -0.25) is 9.69 Å². The molecule has 7 rings (SSSR count). The number of nitrogens with zero attached hydrogens (tertiary/aromatic N) is 1. The number of carbonyl (C=O) groups is 1. The van der Waals surface area contributed by atoms with Crippen molar-refractivity contribution in [3.8, 4) is 16.9 Å². The zero-order valence-electron chi connectivity index (χ0n) is 31.5. The Labute approximate surface area is 310 Å². The van der Waals surface area contributed by atoms with Gasteiger partial charge in [0.2, 0.25) is 0 Å². The largest absolute Gasteiger partial charge is 0.493 e. The fraction of sp³-hybridized carbons (Fsp3) is 0.457. The van der Waals surface area contributed by atoms with E-state index >= 15 is 0 Å². The number of ether oxygens (including phenoxy) is 1. The van der Waals surface area contributed by atoms with E-state index in [1.165, 1.54) is 48.9 Å². The number of ketones is 1. The van der Waals surface area contributed by atoms with Crippen LogP contribution < -0.4 is 15.4 Å². The molecule has 2 unspecified atom stereocenters. The molecule has 0 spiro atoms. The first-order valence-corrected chi connectivity index (χ1v) is 19.5. The number of carbonyl (C=O) groups excluding carboxylic acids is 1. The molecule has 1 saturated heterocycles. The van der Waals surface area contributed by atoms with E-state index in [1.807, 2.05) is 12.1 Å². The van der Waals surface area contributed by atoms with Gasteiger partial charge in [-0.05, 0) is 104 Å². The molecule has 3 aromatic carbocycles. The average molecular weight is 702 g/mol. The lowest BCUT2D eigenvalue weighted by Gasteiger charge is -2.42. The molecule has 2 fully saturated rings. The Morgan fingerprint density at radius 2 is 1.73 bits per heavy atom. The highest BCUT2D eigenvalue weighted by molar-refractivity contribution is 5.88. The van der Waals surface area contributed by atoms with Gasteiger partial charge in [-0.25, -0.2) is 4.39 Å². The molecule has 1 saturated carbocycles. The van der Waals surface area contributed by atoms with E-state index in [1.54, 1.807) is 0 Å². The van der Waals surface area contributed by atoms with E-state index in [4.69, 9.17) is 4.74 Å². The molecule has 0 amide bonds. The van der Waals surface area contributed by atoms with Gasteiger partial charge < -0.3 is 15.4 Å². The van der Waals surface area contributed by atoms with E-state index in [-0.39, 0.29) is 17.2 Å². The number of Topliss-reactive ketones (excluding diaryl/α,β-unsaturated/α-hetero) is 1. The number of hydrogen-bond acceptors (Lipinski definition) is 5. The van der Waals surface area contributed by atoms with Gasteiger partial charge in [0, 0.05) is 53.5 Å². The zero-order chi connectivity index (χ0) is 36.4. The fourth-order valence-corrected chi connectivity index (χ4v) is 9.29. The van der Waals surface area contributed by atoms with Gasteiger partial charge in [0.25, 0.3) is 0 Å². The number of piperazine rings is 1. The van der Waals surface area contributed by atoms with Crippen LogP contribution >= 0.6 is 0 Å². The summed E-state index contributed by atoms with van der Waals surface area (Å²) in [5, 5.41) is 7.34. The van der Waals surface area contributed by atoms with Crippen molar-refractivity contribution in [3.05, 3.63) is 125 Å². The van der Waals surface area contributed by atoms with Crippen molar-refractivity contribution < 1.29 is 13.9 Å². The third-order valence-corrected chi connectivity index (χ3v) is 12.1. The maximum absolute atomic E-state index is 14.4. The monoisotopic (exact) mass is 701 g/mol. The minimum Gasteiger partial charge on any atom is -0.493 e. The Hall–Kier alpha value is -4.00. The van der Waals surface area contributed by atoms with Crippen molar-refractivity contribution in [3.63, 3.8) is 0 Å². The van der Waals surface area contributed by atoms with Crippen molar-refractivity contribution in [2.45, 2.75) is 84.7 Å². The number of benzene rings is 3. The van der Waals surface area contributed by atoms with Crippen LogP contribution in [-0.4, -0.2) is 49.0 Å². The molecular formula is C46H56FN3O2. The summed E-state index contributed by atoms with van der Waals surface area (Å²) in [6.45, 7) is 16.2. The predicted octanol–water partition coefficient (Wildman–Crippen LogP) is 9.19. The molecule has 5 atom stereocenters. The third kappa shape index (κ3) is 8.14. The number of allylic oxidation sites excluding steroid dienone is 4. The number of hydrogen-bond donors (Lipinski definition) is 2. The van der Waals surface area contributed by atoms with Gasteiger partial charge in [-0.15, -0.1) is 0 Å². The van der Waals surface area contributed by atoms with Crippen molar-refractivity contribution in [1.29, 1.82) is 0 Å². The first-order chi connectivity index (χ1) is 25.0. The highest BCUT2D eigenvalue weighted by Gasteiger charge is 2.44. The van der Waals surface area contributed by atoms with Crippen LogP contribution in [0.1, 0.15) is 70.4 Å². The number of nitrogens with one attached hydrogen (secondary N) is 2. The molecule has 2 heterocycles. The van der Waals surface area contributed by atoms with Gasteiger partial charge in [0.05, 0.1) is 13.2 Å². The minimum absolute atomic E-state index is 0.147. The second-order valence-electron chi connectivity index (χ2n) is 16.7. The number of rotatable bonds is 11. The van der Waals surface area contributed by atoms with E-state index in [9.17, 15) is 9.18 Å². The molecule has 274 valence electrons. The summed E-state index contributed by atoms with van der Waals surface area (Å²) < 4.78 is 20.2. The topological polar surface area (TPSA) is 53.6 Å². The highest BCUT2D eigenvalue weighted by atomic mass is 19.1. The molecular weight excluding hydrogens is 646 g/mol. The lowest BCUT2D eigenvalue weighted by molar-refractivity contribution is -0.124. The van der Waals surface area contributed by atoms with E-state index in [2.05, 4.69) is 104 Å². The SMILES string of the molecule is C=C1NC2=C(C=C1Cc1ccc(F)cc1)C(C(=O)CN1C[C@@H](C)NC[C@@H]1CC1CCC[C@H](COc3ccccc3-c3ccccc3C)C1)CC2(C)C. The number of aryl methyl sites for hydroxylation is 1. The summed E-state index contributed by atoms with van der Waals surface area (Å²) in [6.07, 6.45) is 9.60. The number of dihydropyridines is 1. The quantitative estimate of drug-likeness (QED) is 0.209. The van der Waals surface area contributed by atoms with Crippen LogP contribution in [0.2, 0.25) is 0 Å². The number of halogens is 1. The Balaban J connectivity index is 1.000. The summed E-state index contributed by atoms with van der Waals surface area (Å²) in [7, 11) is 0. The molecule has 52 heavy (non-hydrogen) atoms. The van der Waals surface area contributed by atoms with Crippen LogP contribution in [0, 0.1) is 35.9 Å². The second-order valence-corrected chi connectivity index (χ2v) is 16.7. The standard InChI is InChI=1S/C46H56FN3O2/c1-30-11-6-7-14-39(30)40-15-8-9-16-44(40)52-29-35-13-10-12-34(21-35)23-38-26-48-31(2)27-50(38)28-43(51)42-25-46(4,5)45-41(42)24-36(32(3)49-45)22-33-17-19-37(47)20-18-33/h6-9,11,14-20,24,31,34-35,38,42,48-49H,3,10,12-13,21-23,25-29H2,1-2,4-5H3/t31-,34?,35+,38+,42?/m1/s1. The van der Waals surface area contributed by atoms with Crippen LogP contribution in [0.3, 0.4) is 0 Å². The molecule has 4 aliphatic rings. The molecule has 2 aliphatic carbocycles. The van der Waals surface area contributed by atoms with Gasteiger partial charge in [-0.2, -0.15) is 0 Å². The summed E-state index contributed by atoms with van der Waals surface area (Å²) in [5.41, 5.74) is 8.70. The molecule has 2 N–H and O–H groups in total. The van der Waals surface area contributed by atoms with Gasteiger partial charge in [0.15, 0.2) is 5.78 Å². The molecule has 0 aromatic heterocycles. The maximum atomic E-state index is 14.4. The smallest absolute Gasteiger partial charge is 0.154 e. The van der Waals surface area contributed by atoms with Gasteiger partial charge in [0.1, 0.15) is 11.6 Å². The Bertz CT molecular complexity index is 1840. The molecule has 0 radical (unpaired) electrons. The third-order valence-electron chi connectivity index (χ3n) is 12.1. The van der Waals surface area contributed by atoms with Crippen LogP contribution in [-0.2, 0) is 11.2 Å². The summed E-state index contributed by atoms with van der Waals surface area (Å²) in [4.78, 5) is 16.9. The van der Waals surface area contributed by atoms with E-state index < -0.39 is 0 Å². The van der Waals surface area contributed by atoms with Crippen LogP contribution in [0.5, 0.6) is 5.75 Å². The maximum Gasteiger partial charge on any atom is 0.154 e. The Morgan fingerprint density at radius 3 is 2.52 bits per heavy atom. The predicted molar refractivity (Wildman–Crippen MR) is 209 cm³/mol. The van der Waals surface area contributed by atoms with Crippen molar-refractivity contribution in [2.24, 2.45) is 23.2 Å². The fourth-order valence-electron chi connectivity index (χ4n) is 9.29. The first kappa shape index (κ1) is 36.4. The summed E-state index contributed by atoms with van der Waals surface area (Å²) in [5.74, 6) is 2.05. The van der Waals surface area contributed by atoms with Crippen LogP contribution in [0.25, 0.3) is 11.1 Å². The lowest BCUT2D eigenvalue weighted by atomic mass is 9.78. The second kappa shape index (κ2) is 15.5. The van der Waals surface area contributed by atoms with Crippen molar-refractivity contribution in [2.75, 3.05) is 26.2 Å². The van der Waals surface area contributed by atoms with Crippen LogP contribution in [0.15, 0.2) is 108 Å². The van der Waals surface area contributed by atoms with E-state index in [0.717, 1.165) is 72.0 Å². The Morgan fingerprint density at radius 1 is 1.00 bits per heavy atom. The molecule has 6 heteroatoms. The Kier molecular flexibility index (Phi) is 10.9. The van der Waals surface area contributed by atoms with Gasteiger partial charge in [-0.1, -0.05) is 93.9 Å².